The van der Waals surface area contributed by atoms with Crippen LogP contribution in [0.25, 0.3) is 16.7 Å². The molecule has 0 aliphatic carbocycles. The van der Waals surface area contributed by atoms with Crippen LogP contribution < -0.4 is 0 Å². The molecule has 108 valence electrons. The first-order valence-electron chi connectivity index (χ1n) is 5.80. The number of nitrogens with zero attached hydrogens (tertiary/aromatic N) is 2. The van der Waals surface area contributed by atoms with Crippen molar-refractivity contribution < 1.29 is 13.2 Å². The van der Waals surface area contributed by atoms with Crippen molar-refractivity contribution in [3.8, 4) is 5.69 Å². The maximum atomic E-state index is 13.2. The normalized spacial score (nSPS) is 12.0. The molecule has 3 nitrogen and oxygen atoms in total. The van der Waals surface area contributed by atoms with Gasteiger partial charge in [0.1, 0.15) is 0 Å². The molecule has 0 fully saturated rings. The monoisotopic (exact) mass is 329 g/mol. The van der Waals surface area contributed by atoms with Crippen LogP contribution in [-0.2, 0) is 6.18 Å². The Morgan fingerprint density at radius 3 is 2.71 bits per heavy atom. The van der Waals surface area contributed by atoms with Gasteiger partial charge in [-0.1, -0.05) is 11.6 Å². The molecule has 2 heterocycles. The molecule has 0 amide bonds. The van der Waals surface area contributed by atoms with Crippen LogP contribution in [0.2, 0.25) is 5.02 Å². The first kappa shape index (κ1) is 14.1. The molecule has 0 spiro atoms. The van der Waals surface area contributed by atoms with Gasteiger partial charge in [0.15, 0.2) is 4.77 Å². The lowest BCUT2D eigenvalue weighted by atomic mass is 10.1. The van der Waals surface area contributed by atoms with Crippen molar-refractivity contribution in [1.82, 2.24) is 14.5 Å². The van der Waals surface area contributed by atoms with Crippen LogP contribution in [0.3, 0.4) is 0 Å². The molecular formula is C13H7ClF3N3S. The summed E-state index contributed by atoms with van der Waals surface area (Å²) >= 11 is 10.8. The fourth-order valence-corrected chi connectivity index (χ4v) is 2.61. The van der Waals surface area contributed by atoms with Gasteiger partial charge in [-0.2, -0.15) is 13.2 Å². The molecule has 0 bridgehead atoms. The number of benzene rings is 1. The zero-order valence-corrected chi connectivity index (χ0v) is 11.9. The Balaban J connectivity index is 2.39. The Kier molecular flexibility index (Phi) is 3.26. The highest BCUT2D eigenvalue weighted by Crippen LogP contribution is 2.36. The summed E-state index contributed by atoms with van der Waals surface area (Å²) in [6.45, 7) is 0. The van der Waals surface area contributed by atoms with E-state index in [9.17, 15) is 13.2 Å². The maximum absolute atomic E-state index is 13.2. The molecule has 21 heavy (non-hydrogen) atoms. The van der Waals surface area contributed by atoms with E-state index in [1.54, 1.807) is 6.07 Å². The number of alkyl halides is 3. The fraction of sp³-hybridized carbons (Fsp3) is 0.0769. The Morgan fingerprint density at radius 2 is 2.00 bits per heavy atom. The molecule has 0 aliphatic heterocycles. The number of hydrogen-bond donors (Lipinski definition) is 1. The molecule has 2 aromatic heterocycles. The predicted octanol–water partition coefficient (Wildman–Crippen LogP) is 4.76. The summed E-state index contributed by atoms with van der Waals surface area (Å²) in [7, 11) is 0. The summed E-state index contributed by atoms with van der Waals surface area (Å²) in [6, 6.07) is 5.18. The average molecular weight is 330 g/mol. The highest BCUT2D eigenvalue weighted by molar-refractivity contribution is 7.71. The molecule has 3 rings (SSSR count). The van der Waals surface area contributed by atoms with E-state index in [0.717, 1.165) is 6.07 Å². The summed E-state index contributed by atoms with van der Waals surface area (Å²) in [5.74, 6) is 0. The number of nitrogens with one attached hydrogen (secondary N) is 1. The van der Waals surface area contributed by atoms with E-state index in [4.69, 9.17) is 23.8 Å². The van der Waals surface area contributed by atoms with Crippen molar-refractivity contribution in [2.45, 2.75) is 6.18 Å². The first-order chi connectivity index (χ1) is 9.88. The van der Waals surface area contributed by atoms with Gasteiger partial charge in [0, 0.05) is 11.2 Å². The Morgan fingerprint density at radius 1 is 1.24 bits per heavy atom. The second-order valence-electron chi connectivity index (χ2n) is 4.32. The zero-order chi connectivity index (χ0) is 15.2. The Hall–Kier alpha value is -1.86. The third-order valence-electron chi connectivity index (χ3n) is 2.99. The van der Waals surface area contributed by atoms with Gasteiger partial charge in [-0.05, 0) is 36.5 Å². The fourth-order valence-electron chi connectivity index (χ4n) is 2.13. The molecular weight excluding hydrogens is 323 g/mol. The summed E-state index contributed by atoms with van der Waals surface area (Å²) < 4.78 is 41.2. The van der Waals surface area contributed by atoms with Crippen molar-refractivity contribution in [3.63, 3.8) is 0 Å². The van der Waals surface area contributed by atoms with E-state index < -0.39 is 11.7 Å². The topological polar surface area (TPSA) is 33.6 Å². The molecule has 0 aliphatic rings. The van der Waals surface area contributed by atoms with Crippen LogP contribution in [0.5, 0.6) is 0 Å². The number of H-pyrrole nitrogens is 1. The molecule has 0 saturated carbocycles. The second-order valence-corrected chi connectivity index (χ2v) is 5.14. The highest BCUT2D eigenvalue weighted by atomic mass is 35.5. The number of hydrogen-bond acceptors (Lipinski definition) is 2. The van der Waals surface area contributed by atoms with Crippen LogP contribution in [0, 0.1) is 4.77 Å². The molecule has 0 unspecified atom stereocenters. The second kappa shape index (κ2) is 4.85. The highest BCUT2D eigenvalue weighted by Gasteiger charge is 2.34. The molecule has 3 aromatic rings. The number of aromatic amines is 1. The van der Waals surface area contributed by atoms with Crippen LogP contribution >= 0.6 is 23.8 Å². The number of halogens is 4. The van der Waals surface area contributed by atoms with Crippen LogP contribution in [0.15, 0.2) is 36.7 Å². The van der Waals surface area contributed by atoms with Crippen molar-refractivity contribution in [1.29, 1.82) is 0 Å². The Labute approximate surface area is 127 Å². The third kappa shape index (κ3) is 2.43. The Bertz CT molecular complexity index is 882. The number of rotatable bonds is 1. The van der Waals surface area contributed by atoms with E-state index >= 15 is 0 Å². The van der Waals surface area contributed by atoms with Crippen LogP contribution in [0.1, 0.15) is 5.56 Å². The van der Waals surface area contributed by atoms with Crippen LogP contribution in [-0.4, -0.2) is 14.5 Å². The molecule has 0 atom stereocenters. The van der Waals surface area contributed by atoms with E-state index in [1.165, 1.54) is 29.1 Å². The van der Waals surface area contributed by atoms with Crippen molar-refractivity contribution in [3.05, 3.63) is 52.0 Å². The average Bonchev–Trinajstić information content (AvgIpc) is 2.74. The quantitative estimate of drug-likeness (QED) is 0.653. The van der Waals surface area contributed by atoms with Crippen molar-refractivity contribution >= 4 is 34.9 Å². The molecule has 1 aromatic carbocycles. The van der Waals surface area contributed by atoms with Gasteiger partial charge in [-0.25, -0.2) is 0 Å². The van der Waals surface area contributed by atoms with E-state index in [0.29, 0.717) is 11.0 Å². The molecule has 8 heteroatoms. The minimum absolute atomic E-state index is 0.0131. The summed E-state index contributed by atoms with van der Waals surface area (Å²) in [5.41, 5.74) is 0.159. The molecule has 0 saturated heterocycles. The van der Waals surface area contributed by atoms with Gasteiger partial charge in [-0.3, -0.25) is 9.55 Å². The minimum Gasteiger partial charge on any atom is -0.329 e. The largest absolute Gasteiger partial charge is 0.418 e. The van der Waals surface area contributed by atoms with E-state index in [2.05, 4.69) is 9.97 Å². The molecule has 1 N–H and O–H groups in total. The van der Waals surface area contributed by atoms with Crippen molar-refractivity contribution in [2.24, 2.45) is 0 Å². The van der Waals surface area contributed by atoms with Gasteiger partial charge in [0.05, 0.1) is 28.5 Å². The maximum Gasteiger partial charge on any atom is 0.418 e. The lowest BCUT2D eigenvalue weighted by Gasteiger charge is -2.14. The number of fused-ring (bicyclic) bond motifs is 1. The van der Waals surface area contributed by atoms with E-state index in [1.807, 2.05) is 0 Å². The third-order valence-corrected chi connectivity index (χ3v) is 3.51. The van der Waals surface area contributed by atoms with E-state index in [-0.39, 0.29) is 15.5 Å². The van der Waals surface area contributed by atoms with Gasteiger partial charge in [0.2, 0.25) is 0 Å². The first-order valence-corrected chi connectivity index (χ1v) is 6.58. The summed E-state index contributed by atoms with van der Waals surface area (Å²) in [5, 5.41) is 0.0131. The smallest absolute Gasteiger partial charge is 0.329 e. The summed E-state index contributed by atoms with van der Waals surface area (Å²) in [4.78, 5) is 6.75. The number of pyridine rings is 1. The number of aromatic nitrogens is 3. The van der Waals surface area contributed by atoms with Crippen LogP contribution in [0.4, 0.5) is 13.2 Å². The molecule has 0 radical (unpaired) electrons. The van der Waals surface area contributed by atoms with Gasteiger partial charge in [0.25, 0.3) is 0 Å². The van der Waals surface area contributed by atoms with Gasteiger partial charge in [-0.15, -0.1) is 0 Å². The standard InChI is InChI=1S/C13H7ClF3N3S/c14-7-1-2-10(8(5-7)13(15,16)17)20-11-3-4-18-6-9(11)19-12(20)21/h1-6H,(H,19,21). The SMILES string of the molecule is FC(F)(F)c1cc(Cl)ccc1-n1c(=S)[nH]c2cnccc21. The summed E-state index contributed by atoms with van der Waals surface area (Å²) in [6.07, 6.45) is -1.54. The lowest BCUT2D eigenvalue weighted by Crippen LogP contribution is -2.11. The zero-order valence-electron chi connectivity index (χ0n) is 10.3. The van der Waals surface area contributed by atoms with Crippen molar-refractivity contribution in [2.75, 3.05) is 0 Å². The predicted molar refractivity (Wildman–Crippen MR) is 76.3 cm³/mol. The minimum atomic E-state index is -4.54. The van der Waals surface area contributed by atoms with Gasteiger partial charge < -0.3 is 4.98 Å². The number of imidazole rings is 1. The lowest BCUT2D eigenvalue weighted by molar-refractivity contribution is -0.137. The van der Waals surface area contributed by atoms with Gasteiger partial charge >= 0.3 is 6.18 Å².